The van der Waals surface area contributed by atoms with Crippen molar-refractivity contribution in [3.8, 4) is 0 Å². The van der Waals surface area contributed by atoms with Crippen molar-refractivity contribution in [3.63, 3.8) is 0 Å². The molecule has 0 aliphatic rings. The molecule has 0 amide bonds. The average molecular weight is 253 g/mol. The number of carboxylic acid groups (broad SMARTS) is 1. The molecule has 1 aromatic carbocycles. The minimum Gasteiger partial charge on any atom is -0.478 e. The number of hydrogen-bond acceptors (Lipinski definition) is 2. The van der Waals surface area contributed by atoms with E-state index in [1.807, 2.05) is 11.9 Å². The molecule has 18 heavy (non-hydrogen) atoms. The molecule has 0 aromatic heterocycles. The van der Waals surface area contributed by atoms with E-state index >= 15 is 0 Å². The maximum Gasteiger partial charge on any atom is 0.335 e. The van der Waals surface area contributed by atoms with Crippen LogP contribution in [0.15, 0.2) is 18.2 Å². The van der Waals surface area contributed by atoms with Gasteiger partial charge in [0, 0.05) is 18.7 Å². The molecule has 1 rings (SSSR count). The van der Waals surface area contributed by atoms with Gasteiger partial charge in [0.05, 0.1) is 5.56 Å². The van der Waals surface area contributed by atoms with Crippen molar-refractivity contribution in [2.75, 3.05) is 13.6 Å². The predicted molar refractivity (Wildman–Crippen MR) is 69.1 cm³/mol. The van der Waals surface area contributed by atoms with Crippen LogP contribution in [0.25, 0.3) is 0 Å². The Hall–Kier alpha value is -1.42. The highest BCUT2D eigenvalue weighted by Gasteiger charge is 2.11. The maximum absolute atomic E-state index is 13.6. The number of carbonyl (C=O) groups is 1. The van der Waals surface area contributed by atoms with E-state index in [0.29, 0.717) is 18.0 Å². The lowest BCUT2D eigenvalue weighted by Crippen LogP contribution is -2.24. The van der Waals surface area contributed by atoms with E-state index in [4.69, 9.17) is 5.11 Å². The van der Waals surface area contributed by atoms with Crippen LogP contribution in [0.3, 0.4) is 0 Å². The second kappa shape index (κ2) is 6.50. The van der Waals surface area contributed by atoms with Crippen LogP contribution in [0.5, 0.6) is 0 Å². The van der Waals surface area contributed by atoms with Crippen molar-refractivity contribution in [3.05, 3.63) is 35.1 Å². The molecule has 0 aliphatic carbocycles. The summed E-state index contributed by atoms with van der Waals surface area (Å²) in [6.07, 6.45) is 1.07. The molecule has 1 unspecified atom stereocenters. The van der Waals surface area contributed by atoms with Crippen LogP contribution in [0.4, 0.5) is 4.39 Å². The van der Waals surface area contributed by atoms with Gasteiger partial charge in [-0.3, -0.25) is 0 Å². The molecular weight excluding hydrogens is 233 g/mol. The molecule has 0 spiro atoms. The fourth-order valence-corrected chi connectivity index (χ4v) is 1.85. The normalized spacial score (nSPS) is 12.7. The van der Waals surface area contributed by atoms with Crippen LogP contribution < -0.4 is 0 Å². The number of rotatable bonds is 6. The van der Waals surface area contributed by atoms with Crippen LogP contribution in [-0.2, 0) is 6.54 Å². The lowest BCUT2D eigenvalue weighted by atomic mass is 10.1. The van der Waals surface area contributed by atoms with Crippen LogP contribution in [0.1, 0.15) is 36.2 Å². The maximum atomic E-state index is 13.6. The summed E-state index contributed by atoms with van der Waals surface area (Å²) in [6, 6.07) is 3.91. The van der Waals surface area contributed by atoms with E-state index in [0.717, 1.165) is 13.0 Å². The number of hydrogen-bond donors (Lipinski definition) is 1. The minimum atomic E-state index is -1.03. The lowest BCUT2D eigenvalue weighted by Gasteiger charge is -2.20. The monoisotopic (exact) mass is 253 g/mol. The first-order valence-electron chi connectivity index (χ1n) is 6.14. The fourth-order valence-electron chi connectivity index (χ4n) is 1.85. The molecule has 100 valence electrons. The summed E-state index contributed by atoms with van der Waals surface area (Å²) in [5, 5.41) is 8.88. The molecule has 0 radical (unpaired) electrons. The second-order valence-corrected chi connectivity index (χ2v) is 4.82. The Kier molecular flexibility index (Phi) is 5.28. The topological polar surface area (TPSA) is 40.5 Å². The standard InChI is InChI=1S/C14H20FNO2/c1-4-10(2)8-16(3)9-12-7-11(14(17)18)5-6-13(12)15/h5-7,10H,4,8-9H2,1-3H3,(H,17,18). The number of benzene rings is 1. The third kappa shape index (κ3) is 4.11. The number of aromatic carboxylic acids is 1. The van der Waals surface area contributed by atoms with Gasteiger partial charge in [-0.15, -0.1) is 0 Å². The van der Waals surface area contributed by atoms with Gasteiger partial charge in [-0.2, -0.15) is 0 Å². The molecule has 1 atom stereocenters. The van der Waals surface area contributed by atoms with Gasteiger partial charge in [-0.05, 0) is 31.2 Å². The van der Waals surface area contributed by atoms with Gasteiger partial charge < -0.3 is 10.0 Å². The Morgan fingerprint density at radius 2 is 2.17 bits per heavy atom. The third-order valence-corrected chi connectivity index (χ3v) is 3.05. The van der Waals surface area contributed by atoms with Gasteiger partial charge in [0.1, 0.15) is 5.82 Å². The molecule has 0 saturated carbocycles. The van der Waals surface area contributed by atoms with E-state index < -0.39 is 5.97 Å². The van der Waals surface area contributed by atoms with Gasteiger partial charge in [0.25, 0.3) is 0 Å². The summed E-state index contributed by atoms with van der Waals surface area (Å²) in [5.74, 6) is -0.836. The molecular formula is C14H20FNO2. The summed E-state index contributed by atoms with van der Waals surface area (Å²) >= 11 is 0. The van der Waals surface area contributed by atoms with Crippen LogP contribution in [0.2, 0.25) is 0 Å². The largest absolute Gasteiger partial charge is 0.478 e. The molecule has 1 aromatic rings. The van der Waals surface area contributed by atoms with Crippen LogP contribution in [-0.4, -0.2) is 29.6 Å². The number of carboxylic acids is 1. The van der Waals surface area contributed by atoms with Gasteiger partial charge in [0.15, 0.2) is 0 Å². The van der Waals surface area contributed by atoms with Gasteiger partial charge in [-0.1, -0.05) is 20.3 Å². The van der Waals surface area contributed by atoms with Crippen molar-refractivity contribution in [1.82, 2.24) is 4.90 Å². The van der Waals surface area contributed by atoms with E-state index in [-0.39, 0.29) is 11.4 Å². The van der Waals surface area contributed by atoms with Crippen LogP contribution >= 0.6 is 0 Å². The van der Waals surface area contributed by atoms with Gasteiger partial charge in [-0.25, -0.2) is 9.18 Å². The zero-order chi connectivity index (χ0) is 13.7. The highest BCUT2D eigenvalue weighted by molar-refractivity contribution is 5.87. The Bertz CT molecular complexity index is 420. The molecule has 0 heterocycles. The van der Waals surface area contributed by atoms with Gasteiger partial charge >= 0.3 is 5.97 Å². The zero-order valence-corrected chi connectivity index (χ0v) is 11.1. The Morgan fingerprint density at radius 1 is 1.50 bits per heavy atom. The molecule has 1 N–H and O–H groups in total. The summed E-state index contributed by atoms with van der Waals surface area (Å²) in [6.45, 7) is 5.55. The zero-order valence-electron chi connectivity index (χ0n) is 11.1. The first-order chi connectivity index (χ1) is 8.43. The quantitative estimate of drug-likeness (QED) is 0.847. The minimum absolute atomic E-state index is 0.128. The first kappa shape index (κ1) is 14.6. The molecule has 0 bridgehead atoms. The second-order valence-electron chi connectivity index (χ2n) is 4.82. The van der Waals surface area contributed by atoms with Crippen molar-refractivity contribution in [2.24, 2.45) is 5.92 Å². The van der Waals surface area contributed by atoms with Gasteiger partial charge in [0.2, 0.25) is 0 Å². The molecule has 0 aliphatic heterocycles. The van der Waals surface area contributed by atoms with Crippen molar-refractivity contribution >= 4 is 5.97 Å². The van der Waals surface area contributed by atoms with E-state index in [1.54, 1.807) is 0 Å². The predicted octanol–water partition coefficient (Wildman–Crippen LogP) is 3.00. The van der Waals surface area contributed by atoms with E-state index in [9.17, 15) is 9.18 Å². The molecule has 4 heteroatoms. The fraction of sp³-hybridized carbons (Fsp3) is 0.500. The highest BCUT2D eigenvalue weighted by atomic mass is 19.1. The SMILES string of the molecule is CCC(C)CN(C)Cc1cc(C(=O)O)ccc1F. The van der Waals surface area contributed by atoms with E-state index in [2.05, 4.69) is 13.8 Å². The smallest absolute Gasteiger partial charge is 0.335 e. The Labute approximate surface area is 107 Å². The van der Waals surface area contributed by atoms with Crippen molar-refractivity contribution in [2.45, 2.75) is 26.8 Å². The highest BCUT2D eigenvalue weighted by Crippen LogP contribution is 2.14. The average Bonchev–Trinajstić information content (AvgIpc) is 2.31. The lowest BCUT2D eigenvalue weighted by molar-refractivity contribution is 0.0696. The van der Waals surface area contributed by atoms with E-state index in [1.165, 1.54) is 18.2 Å². The molecule has 0 saturated heterocycles. The Morgan fingerprint density at radius 3 is 2.72 bits per heavy atom. The van der Waals surface area contributed by atoms with Crippen molar-refractivity contribution < 1.29 is 14.3 Å². The van der Waals surface area contributed by atoms with Crippen molar-refractivity contribution in [1.29, 1.82) is 0 Å². The summed E-state index contributed by atoms with van der Waals surface area (Å²) in [7, 11) is 1.92. The molecule has 3 nitrogen and oxygen atoms in total. The Balaban J connectivity index is 2.77. The first-order valence-corrected chi connectivity index (χ1v) is 6.14. The number of halogens is 1. The summed E-state index contributed by atoms with van der Waals surface area (Å²) in [5.41, 5.74) is 0.559. The summed E-state index contributed by atoms with van der Waals surface area (Å²) in [4.78, 5) is 12.9. The third-order valence-electron chi connectivity index (χ3n) is 3.05. The summed E-state index contributed by atoms with van der Waals surface area (Å²) < 4.78 is 13.6. The number of nitrogens with zero attached hydrogens (tertiary/aromatic N) is 1. The van der Waals surface area contributed by atoms with Crippen LogP contribution in [0, 0.1) is 11.7 Å². The molecule has 0 fully saturated rings.